The number of unbranched alkanes of at least 4 members (excludes halogenated alkanes) is 1. The Kier molecular flexibility index (Phi) is 10.4. The van der Waals surface area contributed by atoms with E-state index in [1.165, 1.54) is 5.56 Å². The average Bonchev–Trinajstić information content (AvgIpc) is 2.52. The smallest absolute Gasteiger partial charge is 0.119 e. The zero-order valence-corrected chi connectivity index (χ0v) is 13.0. The van der Waals surface area contributed by atoms with Crippen LogP contribution in [0.15, 0.2) is 36.9 Å². The van der Waals surface area contributed by atoms with Gasteiger partial charge in [-0.15, -0.1) is 0 Å². The molecule has 0 radical (unpaired) electrons. The van der Waals surface area contributed by atoms with E-state index in [9.17, 15) is 0 Å². The second-order valence-corrected chi connectivity index (χ2v) is 4.73. The molecule has 4 heteroatoms. The van der Waals surface area contributed by atoms with Crippen LogP contribution in [0.1, 0.15) is 18.4 Å². The van der Waals surface area contributed by atoms with Gasteiger partial charge in [0.05, 0.1) is 13.2 Å². The largest absolute Gasteiger partial charge is 0.490 e. The maximum absolute atomic E-state index is 5.45. The molecule has 0 atom stereocenters. The first-order valence-electron chi connectivity index (χ1n) is 7.47. The Bertz CT molecular complexity index is 365. The second kappa shape index (κ2) is 12.4. The van der Waals surface area contributed by atoms with E-state index in [-0.39, 0.29) is 0 Å². The van der Waals surface area contributed by atoms with E-state index in [0.29, 0.717) is 19.8 Å². The molecule has 0 aliphatic heterocycles. The molecule has 1 N–H and O–H groups in total. The highest BCUT2D eigenvalue weighted by Gasteiger charge is 1.95. The number of rotatable bonds is 13. The van der Waals surface area contributed by atoms with Crippen molar-refractivity contribution in [3.05, 3.63) is 42.5 Å². The summed E-state index contributed by atoms with van der Waals surface area (Å²) in [7, 11) is 1.69. The minimum Gasteiger partial charge on any atom is -0.490 e. The van der Waals surface area contributed by atoms with E-state index in [2.05, 4.69) is 24.0 Å². The quantitative estimate of drug-likeness (QED) is 0.448. The fraction of sp³-hybridized carbons (Fsp3) is 0.529. The third-order valence-corrected chi connectivity index (χ3v) is 2.94. The Balaban J connectivity index is 2.01. The Morgan fingerprint density at radius 2 is 1.90 bits per heavy atom. The number of ether oxygens (including phenoxy) is 3. The highest BCUT2D eigenvalue weighted by atomic mass is 16.5. The van der Waals surface area contributed by atoms with Crippen molar-refractivity contribution in [3.8, 4) is 5.75 Å². The Morgan fingerprint density at radius 3 is 2.62 bits per heavy atom. The highest BCUT2D eigenvalue weighted by Crippen LogP contribution is 2.11. The van der Waals surface area contributed by atoms with Crippen LogP contribution in [-0.2, 0) is 16.0 Å². The summed E-state index contributed by atoms with van der Waals surface area (Å²) in [5.41, 5.74) is 1.26. The Hall–Kier alpha value is -1.36. The minimum absolute atomic E-state index is 0.546. The van der Waals surface area contributed by atoms with Crippen molar-refractivity contribution >= 4 is 0 Å². The molecule has 4 nitrogen and oxygen atoms in total. The lowest BCUT2D eigenvalue weighted by molar-refractivity contribution is 0.0688. The lowest BCUT2D eigenvalue weighted by atomic mass is 10.2. The molecular formula is C17H27NO3. The van der Waals surface area contributed by atoms with Crippen LogP contribution < -0.4 is 10.1 Å². The van der Waals surface area contributed by atoms with E-state index < -0.39 is 0 Å². The first kappa shape index (κ1) is 17.7. The fourth-order valence-electron chi connectivity index (χ4n) is 1.79. The van der Waals surface area contributed by atoms with Gasteiger partial charge in [0.15, 0.2) is 0 Å². The SMILES string of the molecule is C=CCOc1ccc(CNCCCCOCCOC)cc1. The van der Waals surface area contributed by atoms with Gasteiger partial charge < -0.3 is 19.5 Å². The lowest BCUT2D eigenvalue weighted by Gasteiger charge is -2.07. The van der Waals surface area contributed by atoms with Gasteiger partial charge in [-0.25, -0.2) is 0 Å². The van der Waals surface area contributed by atoms with E-state index >= 15 is 0 Å². The third-order valence-electron chi connectivity index (χ3n) is 2.94. The monoisotopic (exact) mass is 293 g/mol. The molecule has 0 saturated carbocycles. The van der Waals surface area contributed by atoms with Crippen molar-refractivity contribution in [2.75, 3.05) is 40.1 Å². The Labute approximate surface area is 128 Å². The van der Waals surface area contributed by atoms with Crippen LogP contribution in [0.4, 0.5) is 0 Å². The molecule has 0 heterocycles. The van der Waals surface area contributed by atoms with E-state index in [1.807, 2.05) is 12.1 Å². The summed E-state index contributed by atoms with van der Waals surface area (Å²) in [5.74, 6) is 0.881. The first-order valence-corrected chi connectivity index (χ1v) is 7.47. The molecule has 0 unspecified atom stereocenters. The molecule has 0 amide bonds. The number of nitrogens with one attached hydrogen (secondary N) is 1. The predicted molar refractivity (Wildman–Crippen MR) is 85.8 cm³/mol. The van der Waals surface area contributed by atoms with Crippen LogP contribution in [0.5, 0.6) is 5.75 Å². The normalized spacial score (nSPS) is 10.5. The summed E-state index contributed by atoms with van der Waals surface area (Å²) in [5, 5.41) is 3.43. The van der Waals surface area contributed by atoms with Gasteiger partial charge in [-0.3, -0.25) is 0 Å². The van der Waals surface area contributed by atoms with Crippen LogP contribution in [-0.4, -0.2) is 40.1 Å². The zero-order chi connectivity index (χ0) is 15.2. The Morgan fingerprint density at radius 1 is 1.10 bits per heavy atom. The van der Waals surface area contributed by atoms with Gasteiger partial charge in [0.25, 0.3) is 0 Å². The maximum atomic E-state index is 5.45. The summed E-state index contributed by atoms with van der Waals surface area (Å²) in [4.78, 5) is 0. The fourth-order valence-corrected chi connectivity index (χ4v) is 1.79. The van der Waals surface area contributed by atoms with Gasteiger partial charge in [-0.2, -0.15) is 0 Å². The molecule has 1 aromatic carbocycles. The summed E-state index contributed by atoms with van der Waals surface area (Å²) >= 11 is 0. The number of benzene rings is 1. The molecule has 0 fully saturated rings. The number of hydrogen-bond donors (Lipinski definition) is 1. The zero-order valence-electron chi connectivity index (χ0n) is 13.0. The minimum atomic E-state index is 0.546. The molecule has 1 rings (SSSR count). The van der Waals surface area contributed by atoms with Gasteiger partial charge in [-0.1, -0.05) is 24.8 Å². The summed E-state index contributed by atoms with van der Waals surface area (Å²) < 4.78 is 15.8. The van der Waals surface area contributed by atoms with E-state index in [4.69, 9.17) is 14.2 Å². The predicted octanol–water partition coefficient (Wildman–Crippen LogP) is 2.78. The van der Waals surface area contributed by atoms with Gasteiger partial charge in [-0.05, 0) is 37.1 Å². The second-order valence-electron chi connectivity index (χ2n) is 4.73. The molecule has 0 aromatic heterocycles. The standard InChI is InChI=1S/C17H27NO3/c1-3-11-21-17-8-6-16(7-9-17)15-18-10-4-5-12-20-14-13-19-2/h3,6-9,18H,1,4-5,10-15H2,2H3. The molecule has 0 spiro atoms. The highest BCUT2D eigenvalue weighted by molar-refractivity contribution is 5.27. The van der Waals surface area contributed by atoms with Crippen LogP contribution >= 0.6 is 0 Å². The molecule has 0 saturated heterocycles. The van der Waals surface area contributed by atoms with Crippen molar-refractivity contribution < 1.29 is 14.2 Å². The van der Waals surface area contributed by atoms with Crippen molar-refractivity contribution in [1.82, 2.24) is 5.32 Å². The molecular weight excluding hydrogens is 266 g/mol. The molecule has 118 valence electrons. The van der Waals surface area contributed by atoms with Gasteiger partial charge in [0.1, 0.15) is 12.4 Å². The molecule has 1 aromatic rings. The number of methoxy groups -OCH3 is 1. The summed E-state index contributed by atoms with van der Waals surface area (Å²) in [6.45, 7) is 8.22. The van der Waals surface area contributed by atoms with Crippen molar-refractivity contribution in [3.63, 3.8) is 0 Å². The lowest BCUT2D eigenvalue weighted by Crippen LogP contribution is -2.15. The summed E-state index contributed by atoms with van der Waals surface area (Å²) in [6, 6.07) is 8.15. The summed E-state index contributed by atoms with van der Waals surface area (Å²) in [6.07, 6.45) is 3.94. The average molecular weight is 293 g/mol. The van der Waals surface area contributed by atoms with Crippen LogP contribution in [0, 0.1) is 0 Å². The van der Waals surface area contributed by atoms with E-state index in [1.54, 1.807) is 13.2 Å². The van der Waals surface area contributed by atoms with Crippen LogP contribution in [0.3, 0.4) is 0 Å². The maximum Gasteiger partial charge on any atom is 0.119 e. The topological polar surface area (TPSA) is 39.7 Å². The van der Waals surface area contributed by atoms with Crippen molar-refractivity contribution in [2.24, 2.45) is 0 Å². The van der Waals surface area contributed by atoms with Gasteiger partial charge in [0, 0.05) is 20.3 Å². The first-order chi connectivity index (χ1) is 10.4. The van der Waals surface area contributed by atoms with Crippen LogP contribution in [0.2, 0.25) is 0 Å². The third kappa shape index (κ3) is 9.24. The van der Waals surface area contributed by atoms with Gasteiger partial charge in [0.2, 0.25) is 0 Å². The van der Waals surface area contributed by atoms with E-state index in [0.717, 1.165) is 38.3 Å². The molecule has 0 aliphatic rings. The van der Waals surface area contributed by atoms with Gasteiger partial charge >= 0.3 is 0 Å². The molecule has 0 bridgehead atoms. The molecule has 0 aliphatic carbocycles. The van der Waals surface area contributed by atoms with Crippen molar-refractivity contribution in [2.45, 2.75) is 19.4 Å². The van der Waals surface area contributed by atoms with Crippen molar-refractivity contribution in [1.29, 1.82) is 0 Å². The number of hydrogen-bond acceptors (Lipinski definition) is 4. The molecule has 21 heavy (non-hydrogen) atoms. The van der Waals surface area contributed by atoms with Crippen LogP contribution in [0.25, 0.3) is 0 Å².